The zero-order chi connectivity index (χ0) is 13.4. The fraction of sp³-hybridized carbons (Fsp3) is 0.133. The normalized spacial score (nSPS) is 10.8. The minimum atomic E-state index is -0.156. The molecule has 3 aromatic rings. The molecule has 0 atom stereocenters. The summed E-state index contributed by atoms with van der Waals surface area (Å²) in [4.78, 5) is 12.4. The highest BCUT2D eigenvalue weighted by Gasteiger charge is 2.14. The van der Waals surface area contributed by atoms with E-state index >= 15 is 0 Å². The third kappa shape index (κ3) is 1.91. The van der Waals surface area contributed by atoms with Crippen LogP contribution in [0.15, 0.2) is 42.5 Å². The van der Waals surface area contributed by atoms with Gasteiger partial charge in [0, 0.05) is 5.56 Å². The minimum absolute atomic E-state index is 0.156. The number of para-hydroxylation sites is 1. The summed E-state index contributed by atoms with van der Waals surface area (Å²) in [5, 5.41) is 7.94. The van der Waals surface area contributed by atoms with Crippen molar-refractivity contribution in [2.24, 2.45) is 0 Å². The van der Waals surface area contributed by atoms with Crippen LogP contribution in [0.25, 0.3) is 11.0 Å². The molecule has 0 unspecified atom stereocenters. The SMILES string of the molecule is Cc1ccc(C(=O)n2nnc3ccccc32)cc1C. The lowest BCUT2D eigenvalue weighted by Gasteiger charge is -2.04. The van der Waals surface area contributed by atoms with Gasteiger partial charge in [0.25, 0.3) is 5.91 Å². The van der Waals surface area contributed by atoms with E-state index in [2.05, 4.69) is 10.3 Å². The van der Waals surface area contributed by atoms with E-state index in [1.165, 1.54) is 10.2 Å². The van der Waals surface area contributed by atoms with Crippen molar-refractivity contribution < 1.29 is 4.79 Å². The summed E-state index contributed by atoms with van der Waals surface area (Å²) in [5.41, 5.74) is 4.33. The fourth-order valence-corrected chi connectivity index (χ4v) is 2.02. The quantitative estimate of drug-likeness (QED) is 0.668. The first-order valence-electron chi connectivity index (χ1n) is 6.09. The van der Waals surface area contributed by atoms with Gasteiger partial charge >= 0.3 is 0 Å². The molecule has 4 heteroatoms. The summed E-state index contributed by atoms with van der Waals surface area (Å²) in [7, 11) is 0. The summed E-state index contributed by atoms with van der Waals surface area (Å²) in [6, 6.07) is 13.1. The van der Waals surface area contributed by atoms with Crippen molar-refractivity contribution in [3.05, 3.63) is 59.2 Å². The molecule has 0 aliphatic carbocycles. The molecular weight excluding hydrogens is 238 g/mol. The number of nitrogens with zero attached hydrogens (tertiary/aromatic N) is 3. The molecule has 0 amide bonds. The van der Waals surface area contributed by atoms with Crippen molar-refractivity contribution in [3.63, 3.8) is 0 Å². The van der Waals surface area contributed by atoms with E-state index in [0.717, 1.165) is 16.6 Å². The van der Waals surface area contributed by atoms with Crippen molar-refractivity contribution in [1.82, 2.24) is 15.0 Å². The second-order valence-electron chi connectivity index (χ2n) is 4.59. The Balaban J connectivity index is 2.11. The van der Waals surface area contributed by atoms with Crippen LogP contribution in [-0.2, 0) is 0 Å². The van der Waals surface area contributed by atoms with E-state index in [1.807, 2.05) is 56.3 Å². The number of benzene rings is 2. The van der Waals surface area contributed by atoms with Crippen molar-refractivity contribution in [3.8, 4) is 0 Å². The van der Waals surface area contributed by atoms with Crippen LogP contribution in [0.2, 0.25) is 0 Å². The van der Waals surface area contributed by atoms with Gasteiger partial charge in [-0.25, -0.2) is 0 Å². The molecule has 3 rings (SSSR count). The van der Waals surface area contributed by atoms with Gasteiger partial charge in [0.2, 0.25) is 0 Å². The Morgan fingerprint density at radius 2 is 1.84 bits per heavy atom. The van der Waals surface area contributed by atoms with E-state index in [9.17, 15) is 4.79 Å². The van der Waals surface area contributed by atoms with Crippen molar-refractivity contribution in [2.75, 3.05) is 0 Å². The van der Waals surface area contributed by atoms with Crippen LogP contribution < -0.4 is 0 Å². The van der Waals surface area contributed by atoms with Crippen molar-refractivity contribution in [1.29, 1.82) is 0 Å². The van der Waals surface area contributed by atoms with Crippen LogP contribution in [0.5, 0.6) is 0 Å². The molecule has 0 saturated heterocycles. The predicted octanol–water partition coefficient (Wildman–Crippen LogP) is 2.74. The Kier molecular flexibility index (Phi) is 2.63. The van der Waals surface area contributed by atoms with Gasteiger partial charge in [0.15, 0.2) is 0 Å². The number of fused-ring (bicyclic) bond motifs is 1. The van der Waals surface area contributed by atoms with Gasteiger partial charge in [0.05, 0.1) is 5.52 Å². The molecule has 0 N–H and O–H groups in total. The van der Waals surface area contributed by atoms with Gasteiger partial charge < -0.3 is 0 Å². The molecule has 1 heterocycles. The summed E-state index contributed by atoms with van der Waals surface area (Å²) in [6.07, 6.45) is 0. The first kappa shape index (κ1) is 11.6. The number of carbonyl (C=O) groups excluding carboxylic acids is 1. The lowest BCUT2D eigenvalue weighted by atomic mass is 10.1. The summed E-state index contributed by atoms with van der Waals surface area (Å²) in [5.74, 6) is -0.156. The smallest absolute Gasteiger partial charge is 0.267 e. The molecular formula is C15H13N3O. The summed E-state index contributed by atoms with van der Waals surface area (Å²) in [6.45, 7) is 4.01. The van der Waals surface area contributed by atoms with Crippen LogP contribution >= 0.6 is 0 Å². The third-order valence-electron chi connectivity index (χ3n) is 3.30. The van der Waals surface area contributed by atoms with E-state index in [1.54, 1.807) is 0 Å². The largest absolute Gasteiger partial charge is 0.280 e. The molecule has 0 bridgehead atoms. The molecule has 0 spiro atoms. The first-order chi connectivity index (χ1) is 9.16. The highest BCUT2D eigenvalue weighted by molar-refractivity contribution is 6.00. The molecule has 19 heavy (non-hydrogen) atoms. The number of hydrogen-bond donors (Lipinski definition) is 0. The monoisotopic (exact) mass is 251 g/mol. The Bertz CT molecular complexity index is 774. The van der Waals surface area contributed by atoms with Crippen LogP contribution in [0, 0.1) is 13.8 Å². The van der Waals surface area contributed by atoms with E-state index in [4.69, 9.17) is 0 Å². The highest BCUT2D eigenvalue weighted by atomic mass is 16.2. The van der Waals surface area contributed by atoms with Gasteiger partial charge in [-0.15, -0.1) is 5.10 Å². The number of aryl methyl sites for hydroxylation is 2. The fourth-order valence-electron chi connectivity index (χ4n) is 2.02. The number of carbonyl (C=O) groups is 1. The molecule has 0 radical (unpaired) electrons. The highest BCUT2D eigenvalue weighted by Crippen LogP contribution is 2.14. The average Bonchev–Trinajstić information content (AvgIpc) is 2.85. The maximum atomic E-state index is 12.4. The van der Waals surface area contributed by atoms with Crippen LogP contribution in [0.4, 0.5) is 0 Å². The van der Waals surface area contributed by atoms with Gasteiger partial charge in [0.1, 0.15) is 5.52 Å². The number of rotatable bonds is 1. The Hall–Kier alpha value is -2.49. The lowest BCUT2D eigenvalue weighted by molar-refractivity contribution is 0.0948. The molecule has 0 aliphatic heterocycles. The zero-order valence-corrected chi connectivity index (χ0v) is 10.8. The van der Waals surface area contributed by atoms with Gasteiger partial charge in [-0.1, -0.05) is 23.4 Å². The second kappa shape index (κ2) is 4.31. The molecule has 94 valence electrons. The second-order valence-corrected chi connectivity index (χ2v) is 4.59. The maximum absolute atomic E-state index is 12.4. The van der Waals surface area contributed by atoms with Gasteiger partial charge in [-0.05, 0) is 49.2 Å². The number of hydrogen-bond acceptors (Lipinski definition) is 3. The standard InChI is InChI=1S/C15H13N3O/c1-10-7-8-12(9-11(10)2)15(19)18-14-6-4-3-5-13(14)16-17-18/h3-9H,1-2H3. The molecule has 0 aliphatic rings. The number of aromatic nitrogens is 3. The van der Waals surface area contributed by atoms with Crippen LogP contribution in [0.3, 0.4) is 0 Å². The Morgan fingerprint density at radius 3 is 2.63 bits per heavy atom. The average molecular weight is 251 g/mol. The first-order valence-corrected chi connectivity index (χ1v) is 6.09. The van der Waals surface area contributed by atoms with E-state index in [0.29, 0.717) is 5.56 Å². The predicted molar refractivity (Wildman–Crippen MR) is 73.2 cm³/mol. The molecule has 4 nitrogen and oxygen atoms in total. The van der Waals surface area contributed by atoms with Crippen LogP contribution in [-0.4, -0.2) is 20.9 Å². The Morgan fingerprint density at radius 1 is 1.05 bits per heavy atom. The summed E-state index contributed by atoms with van der Waals surface area (Å²) < 4.78 is 1.35. The molecule has 2 aromatic carbocycles. The van der Waals surface area contributed by atoms with Gasteiger partial charge in [-0.2, -0.15) is 4.68 Å². The molecule has 1 aromatic heterocycles. The third-order valence-corrected chi connectivity index (χ3v) is 3.30. The van der Waals surface area contributed by atoms with Crippen LogP contribution in [0.1, 0.15) is 21.5 Å². The van der Waals surface area contributed by atoms with Crippen molar-refractivity contribution in [2.45, 2.75) is 13.8 Å². The summed E-state index contributed by atoms with van der Waals surface area (Å²) >= 11 is 0. The topological polar surface area (TPSA) is 47.8 Å². The molecule has 0 saturated carbocycles. The maximum Gasteiger partial charge on any atom is 0.280 e. The van der Waals surface area contributed by atoms with E-state index < -0.39 is 0 Å². The zero-order valence-electron chi connectivity index (χ0n) is 10.8. The Labute approximate surface area is 110 Å². The molecule has 0 fully saturated rings. The van der Waals surface area contributed by atoms with Gasteiger partial charge in [-0.3, -0.25) is 4.79 Å². The lowest BCUT2D eigenvalue weighted by Crippen LogP contribution is -2.14. The van der Waals surface area contributed by atoms with Crippen molar-refractivity contribution >= 4 is 16.9 Å². The minimum Gasteiger partial charge on any atom is -0.267 e. The van der Waals surface area contributed by atoms with E-state index in [-0.39, 0.29) is 5.91 Å².